The molecule has 3 aromatic rings. The molecule has 1 amide bonds. The number of β-amino-alcohol motifs (C(OH)–C–C–N with tert-alkyl or cyclic N) is 1. The molecule has 0 saturated carbocycles. The van der Waals surface area contributed by atoms with Gasteiger partial charge in [-0.15, -0.1) is 11.3 Å². The molecule has 26 heavy (non-hydrogen) atoms. The number of aliphatic hydroxyl groups is 1. The van der Waals surface area contributed by atoms with E-state index in [9.17, 15) is 9.90 Å². The molecule has 132 valence electrons. The number of aromatic nitrogens is 4. The van der Waals surface area contributed by atoms with E-state index in [4.69, 9.17) is 0 Å². The zero-order valence-corrected chi connectivity index (χ0v) is 14.7. The zero-order chi connectivity index (χ0) is 17.9. The second-order valence-electron chi connectivity index (χ2n) is 6.21. The van der Waals surface area contributed by atoms with Gasteiger partial charge in [0.05, 0.1) is 6.10 Å². The fourth-order valence-corrected chi connectivity index (χ4v) is 3.83. The van der Waals surface area contributed by atoms with Crippen molar-refractivity contribution in [3.8, 4) is 10.8 Å². The van der Waals surface area contributed by atoms with Gasteiger partial charge in [0.1, 0.15) is 5.69 Å². The quantitative estimate of drug-likeness (QED) is 0.754. The number of hydrogen-bond acceptors (Lipinski definition) is 7. The van der Waals surface area contributed by atoms with Crippen LogP contribution < -0.4 is 0 Å². The maximum absolute atomic E-state index is 12.7. The largest absolute Gasteiger partial charge is 0.391 e. The van der Waals surface area contributed by atoms with Crippen molar-refractivity contribution in [2.24, 2.45) is 5.92 Å². The lowest BCUT2D eigenvalue weighted by Gasteiger charge is -2.14. The van der Waals surface area contributed by atoms with Gasteiger partial charge in [-0.2, -0.15) is 0 Å². The first-order chi connectivity index (χ1) is 12.7. The van der Waals surface area contributed by atoms with Crippen molar-refractivity contribution >= 4 is 17.2 Å². The molecule has 0 radical (unpaired) electrons. The molecule has 8 heteroatoms. The fraction of sp³-hybridized carbons (Fsp3) is 0.278. The molecular weight excluding hydrogens is 350 g/mol. The molecule has 1 N–H and O–H groups in total. The molecule has 1 aliphatic rings. The smallest absolute Gasteiger partial charge is 0.273 e. The van der Waals surface area contributed by atoms with Crippen LogP contribution in [0.1, 0.15) is 16.1 Å². The summed E-state index contributed by atoms with van der Waals surface area (Å²) in [6.07, 6.45) is 6.94. The molecule has 0 bridgehead atoms. The van der Waals surface area contributed by atoms with Gasteiger partial charge in [0, 0.05) is 49.2 Å². The molecule has 1 fully saturated rings. The average molecular weight is 367 g/mol. The number of carbonyl (C=O) groups excluding carboxylic acids is 1. The second kappa shape index (κ2) is 7.27. The predicted octanol–water partition coefficient (Wildman–Crippen LogP) is 1.67. The average Bonchev–Trinajstić information content (AvgIpc) is 3.31. The van der Waals surface area contributed by atoms with Crippen LogP contribution in [0.15, 0.2) is 48.4 Å². The van der Waals surface area contributed by atoms with Gasteiger partial charge in [0.25, 0.3) is 5.91 Å². The molecule has 2 atom stereocenters. The topological polar surface area (TPSA) is 92.1 Å². The minimum absolute atomic E-state index is 0.0110. The van der Waals surface area contributed by atoms with Crippen LogP contribution in [0.5, 0.6) is 0 Å². The first-order valence-corrected chi connectivity index (χ1v) is 9.18. The van der Waals surface area contributed by atoms with Crippen LogP contribution in [0.2, 0.25) is 0 Å². The Bertz CT molecular complexity index is 887. The highest BCUT2D eigenvalue weighted by molar-refractivity contribution is 7.13. The van der Waals surface area contributed by atoms with E-state index in [2.05, 4.69) is 19.9 Å². The molecule has 7 nitrogen and oxygen atoms in total. The monoisotopic (exact) mass is 367 g/mol. The Morgan fingerprint density at radius 2 is 1.96 bits per heavy atom. The van der Waals surface area contributed by atoms with E-state index >= 15 is 0 Å². The van der Waals surface area contributed by atoms with Crippen molar-refractivity contribution < 1.29 is 9.90 Å². The van der Waals surface area contributed by atoms with Crippen molar-refractivity contribution in [2.75, 3.05) is 13.1 Å². The number of thiazole rings is 1. The van der Waals surface area contributed by atoms with Crippen molar-refractivity contribution in [3.05, 3.63) is 59.6 Å². The van der Waals surface area contributed by atoms with Crippen molar-refractivity contribution in [3.63, 3.8) is 0 Å². The normalized spacial score (nSPS) is 19.7. The fourth-order valence-electron chi connectivity index (χ4n) is 3.09. The molecule has 4 rings (SSSR count). The molecule has 1 aliphatic heterocycles. The van der Waals surface area contributed by atoms with Gasteiger partial charge in [-0.3, -0.25) is 9.78 Å². The highest BCUT2D eigenvalue weighted by atomic mass is 32.1. The minimum atomic E-state index is -0.539. The minimum Gasteiger partial charge on any atom is -0.391 e. The number of rotatable bonds is 4. The Kier molecular flexibility index (Phi) is 4.68. The summed E-state index contributed by atoms with van der Waals surface area (Å²) >= 11 is 1.34. The van der Waals surface area contributed by atoms with Gasteiger partial charge in [-0.25, -0.2) is 15.0 Å². The number of aliphatic hydroxyl groups excluding tert-OH is 1. The Balaban J connectivity index is 1.45. The lowest BCUT2D eigenvalue weighted by molar-refractivity contribution is 0.0760. The number of carbonyl (C=O) groups is 1. The third-order valence-corrected chi connectivity index (χ3v) is 5.26. The summed E-state index contributed by atoms with van der Waals surface area (Å²) < 4.78 is 0. The Morgan fingerprint density at radius 1 is 1.19 bits per heavy atom. The molecule has 0 spiro atoms. The second-order valence-corrected chi connectivity index (χ2v) is 7.07. The van der Waals surface area contributed by atoms with Crippen LogP contribution in [0.25, 0.3) is 10.8 Å². The third kappa shape index (κ3) is 3.47. The molecule has 1 saturated heterocycles. The predicted molar refractivity (Wildman–Crippen MR) is 96.5 cm³/mol. The van der Waals surface area contributed by atoms with E-state index in [0.717, 1.165) is 5.56 Å². The van der Waals surface area contributed by atoms with Crippen LogP contribution in [0.3, 0.4) is 0 Å². The van der Waals surface area contributed by atoms with E-state index < -0.39 is 6.10 Å². The number of likely N-dealkylation sites (tertiary alicyclic amines) is 1. The van der Waals surface area contributed by atoms with E-state index in [-0.39, 0.29) is 11.8 Å². The highest BCUT2D eigenvalue weighted by Crippen LogP contribution is 2.25. The summed E-state index contributed by atoms with van der Waals surface area (Å²) in [7, 11) is 0. The molecule has 3 aromatic heterocycles. The molecular formula is C18H17N5O2S. The van der Waals surface area contributed by atoms with E-state index in [1.807, 2.05) is 12.1 Å². The van der Waals surface area contributed by atoms with E-state index in [1.165, 1.54) is 11.3 Å². The molecule has 0 unspecified atom stereocenters. The Morgan fingerprint density at radius 3 is 2.73 bits per heavy atom. The van der Waals surface area contributed by atoms with Gasteiger partial charge in [-0.1, -0.05) is 0 Å². The van der Waals surface area contributed by atoms with Gasteiger partial charge >= 0.3 is 0 Å². The Hall–Kier alpha value is -2.71. The Labute approximate surface area is 154 Å². The van der Waals surface area contributed by atoms with Crippen molar-refractivity contribution in [1.82, 2.24) is 24.8 Å². The van der Waals surface area contributed by atoms with Crippen LogP contribution in [0, 0.1) is 5.92 Å². The molecule has 0 aromatic carbocycles. The molecule has 4 heterocycles. The highest BCUT2D eigenvalue weighted by Gasteiger charge is 2.35. The summed E-state index contributed by atoms with van der Waals surface area (Å²) in [5, 5.41) is 12.7. The van der Waals surface area contributed by atoms with Crippen LogP contribution in [-0.2, 0) is 6.42 Å². The van der Waals surface area contributed by atoms with Crippen molar-refractivity contribution in [2.45, 2.75) is 12.5 Å². The summed E-state index contributed by atoms with van der Waals surface area (Å²) in [5.74, 6) is 0.352. The standard InChI is InChI=1S/C18H17N5O2S/c24-15-10-23(9-13(15)8-12-2-6-19-7-3-12)18(25)14-11-26-17(22-14)16-20-4-1-5-21-16/h1-7,11,13,15,24H,8-10H2/t13-,15+/m1/s1. The van der Waals surface area contributed by atoms with Gasteiger partial charge in [-0.05, 0) is 30.2 Å². The van der Waals surface area contributed by atoms with Gasteiger partial charge in [0.15, 0.2) is 10.8 Å². The van der Waals surface area contributed by atoms with Crippen LogP contribution >= 0.6 is 11.3 Å². The maximum atomic E-state index is 12.7. The summed E-state index contributed by atoms with van der Waals surface area (Å²) in [6.45, 7) is 0.834. The lowest BCUT2D eigenvalue weighted by Crippen LogP contribution is -2.29. The zero-order valence-electron chi connectivity index (χ0n) is 13.9. The van der Waals surface area contributed by atoms with Crippen molar-refractivity contribution in [1.29, 1.82) is 0 Å². The maximum Gasteiger partial charge on any atom is 0.273 e. The van der Waals surface area contributed by atoms with Crippen LogP contribution in [0.4, 0.5) is 0 Å². The third-order valence-electron chi connectivity index (χ3n) is 4.42. The van der Waals surface area contributed by atoms with Gasteiger partial charge < -0.3 is 10.0 Å². The first-order valence-electron chi connectivity index (χ1n) is 8.30. The number of pyridine rings is 1. The SMILES string of the molecule is O=C(c1csc(-c2ncccn2)n1)N1C[C@@H](Cc2ccncc2)[C@@H](O)C1. The summed E-state index contributed by atoms with van der Waals surface area (Å²) in [6, 6.07) is 5.60. The van der Waals surface area contributed by atoms with Gasteiger partial charge in [0.2, 0.25) is 0 Å². The summed E-state index contributed by atoms with van der Waals surface area (Å²) in [5.41, 5.74) is 1.48. The van der Waals surface area contributed by atoms with Crippen LogP contribution in [-0.4, -0.2) is 55.0 Å². The number of nitrogens with zero attached hydrogens (tertiary/aromatic N) is 5. The number of amides is 1. The first kappa shape index (κ1) is 16.7. The number of hydrogen-bond donors (Lipinski definition) is 1. The van der Waals surface area contributed by atoms with E-state index in [0.29, 0.717) is 36.0 Å². The lowest BCUT2D eigenvalue weighted by atomic mass is 9.97. The van der Waals surface area contributed by atoms with E-state index in [1.54, 1.807) is 41.1 Å². The molecule has 0 aliphatic carbocycles. The summed E-state index contributed by atoms with van der Waals surface area (Å²) in [4.78, 5) is 31.1.